The van der Waals surface area contributed by atoms with Crippen LogP contribution in [0.1, 0.15) is 12.8 Å². The van der Waals surface area contributed by atoms with Gasteiger partial charge in [-0.2, -0.15) is 0 Å². The van der Waals surface area contributed by atoms with Crippen LogP contribution in [0.3, 0.4) is 0 Å². The summed E-state index contributed by atoms with van der Waals surface area (Å²) in [6.07, 6.45) is 4.09. The molecule has 1 unspecified atom stereocenters. The van der Waals surface area contributed by atoms with Crippen molar-refractivity contribution in [2.24, 2.45) is 5.73 Å². The van der Waals surface area contributed by atoms with E-state index in [4.69, 9.17) is 17.3 Å². The number of hydrogen-bond acceptors (Lipinski definition) is 3. The van der Waals surface area contributed by atoms with Crippen LogP contribution in [0, 0.1) is 0 Å². The Bertz CT molecular complexity index is 316. The highest BCUT2D eigenvalue weighted by Gasteiger charge is 2.25. The average Bonchev–Trinajstić information content (AvgIpc) is 2.66. The standard InChI is InChI=1S/C10H14ClN3/c11-9-4-1-5-13-10(9)14-6-2-3-8(14)7-12/h1,4-5,8H,2-3,6-7,12H2. The molecular formula is C10H14ClN3. The fraction of sp³-hybridized carbons (Fsp3) is 0.500. The van der Waals surface area contributed by atoms with Gasteiger partial charge in [0.05, 0.1) is 5.02 Å². The molecule has 2 heterocycles. The van der Waals surface area contributed by atoms with Gasteiger partial charge in [-0.1, -0.05) is 11.6 Å². The molecule has 0 amide bonds. The molecule has 0 saturated carbocycles. The highest BCUT2D eigenvalue weighted by molar-refractivity contribution is 6.32. The Morgan fingerprint density at radius 2 is 2.50 bits per heavy atom. The second-order valence-corrected chi connectivity index (χ2v) is 3.94. The van der Waals surface area contributed by atoms with Gasteiger partial charge in [-0.15, -0.1) is 0 Å². The molecule has 1 aromatic rings. The van der Waals surface area contributed by atoms with E-state index < -0.39 is 0 Å². The third-order valence-corrected chi connectivity index (χ3v) is 2.96. The molecule has 1 fully saturated rings. The summed E-state index contributed by atoms with van der Waals surface area (Å²) in [5, 5.41) is 0.716. The molecule has 0 bridgehead atoms. The molecule has 0 radical (unpaired) electrons. The SMILES string of the molecule is NCC1CCCN1c1ncccc1Cl. The van der Waals surface area contributed by atoms with E-state index >= 15 is 0 Å². The molecule has 0 aromatic carbocycles. The van der Waals surface area contributed by atoms with Crippen LogP contribution < -0.4 is 10.6 Å². The molecule has 1 aliphatic heterocycles. The van der Waals surface area contributed by atoms with Gasteiger partial charge in [0.15, 0.2) is 0 Å². The zero-order valence-electron chi connectivity index (χ0n) is 7.99. The lowest BCUT2D eigenvalue weighted by molar-refractivity contribution is 0.671. The summed E-state index contributed by atoms with van der Waals surface area (Å²) in [6, 6.07) is 4.12. The molecule has 1 saturated heterocycles. The van der Waals surface area contributed by atoms with Crippen LogP contribution in [0.5, 0.6) is 0 Å². The number of nitrogens with two attached hydrogens (primary N) is 1. The van der Waals surface area contributed by atoms with Gasteiger partial charge in [0.1, 0.15) is 5.82 Å². The number of pyridine rings is 1. The number of nitrogens with zero attached hydrogens (tertiary/aromatic N) is 2. The Labute approximate surface area is 88.9 Å². The molecule has 1 aliphatic rings. The van der Waals surface area contributed by atoms with Crippen LogP contribution in [0.4, 0.5) is 5.82 Å². The summed E-state index contributed by atoms with van der Waals surface area (Å²) in [4.78, 5) is 6.51. The van der Waals surface area contributed by atoms with Crippen LogP contribution in [0.2, 0.25) is 5.02 Å². The molecule has 76 valence electrons. The van der Waals surface area contributed by atoms with Crippen LogP contribution >= 0.6 is 11.6 Å². The van der Waals surface area contributed by atoms with Crippen molar-refractivity contribution in [3.63, 3.8) is 0 Å². The lowest BCUT2D eigenvalue weighted by Gasteiger charge is -2.25. The first-order chi connectivity index (χ1) is 6.83. The normalized spacial score (nSPS) is 21.6. The minimum absolute atomic E-state index is 0.405. The Hall–Kier alpha value is -0.800. The number of hydrogen-bond donors (Lipinski definition) is 1. The van der Waals surface area contributed by atoms with Gasteiger partial charge >= 0.3 is 0 Å². The van der Waals surface area contributed by atoms with Crippen molar-refractivity contribution < 1.29 is 0 Å². The zero-order chi connectivity index (χ0) is 9.97. The lowest BCUT2D eigenvalue weighted by Crippen LogP contribution is -2.36. The van der Waals surface area contributed by atoms with Crippen LogP contribution in [0.25, 0.3) is 0 Å². The van der Waals surface area contributed by atoms with E-state index in [1.165, 1.54) is 6.42 Å². The highest BCUT2D eigenvalue weighted by atomic mass is 35.5. The van der Waals surface area contributed by atoms with Gasteiger partial charge in [-0.3, -0.25) is 0 Å². The molecule has 14 heavy (non-hydrogen) atoms. The molecule has 2 N–H and O–H groups in total. The van der Waals surface area contributed by atoms with E-state index in [1.54, 1.807) is 6.20 Å². The van der Waals surface area contributed by atoms with E-state index in [0.717, 1.165) is 18.8 Å². The maximum absolute atomic E-state index is 6.08. The van der Waals surface area contributed by atoms with E-state index in [2.05, 4.69) is 9.88 Å². The largest absolute Gasteiger partial charge is 0.351 e. The van der Waals surface area contributed by atoms with E-state index in [-0.39, 0.29) is 0 Å². The molecule has 0 spiro atoms. The number of aromatic nitrogens is 1. The lowest BCUT2D eigenvalue weighted by atomic mass is 10.2. The summed E-state index contributed by atoms with van der Waals surface area (Å²) in [6.45, 7) is 1.69. The van der Waals surface area contributed by atoms with Crippen LogP contribution in [0.15, 0.2) is 18.3 Å². The van der Waals surface area contributed by atoms with E-state index in [0.29, 0.717) is 17.6 Å². The number of anilines is 1. The van der Waals surface area contributed by atoms with E-state index in [1.807, 2.05) is 12.1 Å². The third kappa shape index (κ3) is 1.70. The third-order valence-electron chi connectivity index (χ3n) is 2.66. The van der Waals surface area contributed by atoms with E-state index in [9.17, 15) is 0 Å². The minimum Gasteiger partial charge on any atom is -0.351 e. The van der Waals surface area contributed by atoms with Gasteiger partial charge in [0.2, 0.25) is 0 Å². The van der Waals surface area contributed by atoms with Gasteiger partial charge < -0.3 is 10.6 Å². The Balaban J connectivity index is 2.26. The predicted octanol–water partition coefficient (Wildman–Crippen LogP) is 1.66. The van der Waals surface area contributed by atoms with Crippen LogP contribution in [-0.4, -0.2) is 24.1 Å². The molecule has 1 aromatic heterocycles. The van der Waals surface area contributed by atoms with Crippen molar-refractivity contribution in [1.82, 2.24) is 4.98 Å². The second-order valence-electron chi connectivity index (χ2n) is 3.53. The zero-order valence-corrected chi connectivity index (χ0v) is 8.74. The van der Waals surface area contributed by atoms with Crippen molar-refractivity contribution in [3.05, 3.63) is 23.4 Å². The molecular weight excluding hydrogens is 198 g/mol. The summed E-state index contributed by atoms with van der Waals surface area (Å²) in [7, 11) is 0. The Morgan fingerprint density at radius 1 is 1.64 bits per heavy atom. The summed E-state index contributed by atoms with van der Waals surface area (Å²) >= 11 is 6.08. The average molecular weight is 212 g/mol. The van der Waals surface area contributed by atoms with Crippen molar-refractivity contribution in [1.29, 1.82) is 0 Å². The fourth-order valence-electron chi connectivity index (χ4n) is 1.95. The van der Waals surface area contributed by atoms with Crippen molar-refractivity contribution in [2.45, 2.75) is 18.9 Å². The summed E-state index contributed by atoms with van der Waals surface area (Å²) < 4.78 is 0. The first-order valence-corrected chi connectivity index (χ1v) is 5.28. The quantitative estimate of drug-likeness (QED) is 0.809. The molecule has 3 nitrogen and oxygen atoms in total. The monoisotopic (exact) mass is 211 g/mol. The van der Waals surface area contributed by atoms with Gasteiger partial charge in [0.25, 0.3) is 0 Å². The van der Waals surface area contributed by atoms with Crippen molar-refractivity contribution >= 4 is 17.4 Å². The van der Waals surface area contributed by atoms with Crippen molar-refractivity contribution in [3.8, 4) is 0 Å². The Kier molecular flexibility index (Phi) is 2.89. The minimum atomic E-state index is 0.405. The topological polar surface area (TPSA) is 42.1 Å². The molecule has 1 atom stereocenters. The maximum Gasteiger partial charge on any atom is 0.147 e. The van der Waals surface area contributed by atoms with Crippen molar-refractivity contribution in [2.75, 3.05) is 18.0 Å². The highest BCUT2D eigenvalue weighted by Crippen LogP contribution is 2.28. The van der Waals surface area contributed by atoms with Gasteiger partial charge in [0, 0.05) is 25.3 Å². The predicted molar refractivity (Wildman–Crippen MR) is 58.7 cm³/mol. The Morgan fingerprint density at radius 3 is 3.21 bits per heavy atom. The second kappa shape index (κ2) is 4.15. The first kappa shape index (κ1) is 9.74. The molecule has 0 aliphatic carbocycles. The smallest absolute Gasteiger partial charge is 0.147 e. The summed E-state index contributed by atoms with van der Waals surface area (Å²) in [5.74, 6) is 0.877. The summed E-state index contributed by atoms with van der Waals surface area (Å²) in [5.41, 5.74) is 5.70. The molecule has 4 heteroatoms. The maximum atomic E-state index is 6.08. The number of rotatable bonds is 2. The molecule has 2 rings (SSSR count). The fourth-order valence-corrected chi connectivity index (χ4v) is 2.18. The van der Waals surface area contributed by atoms with Gasteiger partial charge in [-0.25, -0.2) is 4.98 Å². The van der Waals surface area contributed by atoms with Crippen LogP contribution in [-0.2, 0) is 0 Å². The van der Waals surface area contributed by atoms with Gasteiger partial charge in [-0.05, 0) is 25.0 Å². The number of halogens is 1. The first-order valence-electron chi connectivity index (χ1n) is 4.90.